The van der Waals surface area contributed by atoms with E-state index in [2.05, 4.69) is 20.6 Å². The van der Waals surface area contributed by atoms with Crippen molar-refractivity contribution in [2.45, 2.75) is 38.5 Å². The molecule has 2 fully saturated rings. The molecule has 2 saturated heterocycles. The number of likely N-dealkylation sites (tertiary alicyclic amines) is 1. The highest BCUT2D eigenvalue weighted by molar-refractivity contribution is 7.09. The number of hydrogen-bond acceptors (Lipinski definition) is 4. The highest BCUT2D eigenvalue weighted by atomic mass is 35.5. The van der Waals surface area contributed by atoms with Crippen LogP contribution >= 0.6 is 36.2 Å². The number of nitrogens with one attached hydrogen (secondary N) is 1. The molecule has 0 radical (unpaired) electrons. The number of amides is 1. The van der Waals surface area contributed by atoms with Gasteiger partial charge in [-0.05, 0) is 39.2 Å². The topological polar surface area (TPSA) is 45.2 Å². The molecule has 2 atom stereocenters. The van der Waals surface area contributed by atoms with Gasteiger partial charge in [0.1, 0.15) is 0 Å². The lowest BCUT2D eigenvalue weighted by molar-refractivity contribution is -0.137. The Kier molecular flexibility index (Phi) is 8.11. The minimum atomic E-state index is 0. The van der Waals surface area contributed by atoms with Gasteiger partial charge in [0, 0.05) is 36.6 Å². The number of rotatable bonds is 2. The number of carbonyl (C=O) groups is 1. The van der Waals surface area contributed by atoms with Crippen LogP contribution in [0.5, 0.6) is 0 Å². The largest absolute Gasteiger partial charge is 0.342 e. The molecule has 4 nitrogen and oxygen atoms in total. The Morgan fingerprint density at radius 3 is 2.82 bits per heavy atom. The Balaban J connectivity index is 0.00000121. The number of aryl methyl sites for hydroxylation is 1. The summed E-state index contributed by atoms with van der Waals surface area (Å²) in [6.45, 7) is 5.75. The maximum absolute atomic E-state index is 12.6. The van der Waals surface area contributed by atoms with Crippen LogP contribution in [0.25, 0.3) is 0 Å². The van der Waals surface area contributed by atoms with Gasteiger partial charge in [-0.1, -0.05) is 0 Å². The summed E-state index contributed by atoms with van der Waals surface area (Å²) in [5, 5.41) is 6.67. The number of nitrogens with zero attached hydrogens (tertiary/aromatic N) is 2. The number of hydrogen-bond donors (Lipinski definition) is 1. The highest BCUT2D eigenvalue weighted by Crippen LogP contribution is 2.30. The molecule has 1 aromatic heterocycles. The molecule has 0 spiro atoms. The van der Waals surface area contributed by atoms with E-state index in [9.17, 15) is 4.79 Å². The van der Waals surface area contributed by atoms with E-state index in [1.807, 2.05) is 6.92 Å². The molecule has 1 aromatic rings. The van der Waals surface area contributed by atoms with Crippen molar-refractivity contribution in [3.8, 4) is 0 Å². The van der Waals surface area contributed by atoms with Gasteiger partial charge in [0.05, 0.1) is 10.9 Å². The van der Waals surface area contributed by atoms with E-state index < -0.39 is 0 Å². The molecule has 0 aliphatic carbocycles. The van der Waals surface area contributed by atoms with Gasteiger partial charge in [0.2, 0.25) is 5.91 Å². The standard InChI is InChI=1S/C15H23N3OS.2ClH/c1-11-10-20-14(17-11)13-5-3-7-18(9-13)15(19)12-4-2-6-16-8-12;;/h10,12-13,16H,2-9H2,1H3;2*1H. The van der Waals surface area contributed by atoms with Crippen LogP contribution in [-0.4, -0.2) is 42.0 Å². The number of carbonyl (C=O) groups excluding carboxylic acids is 1. The molecule has 0 saturated carbocycles. The van der Waals surface area contributed by atoms with Crippen molar-refractivity contribution in [1.29, 1.82) is 0 Å². The van der Waals surface area contributed by atoms with E-state index in [-0.39, 0.29) is 30.7 Å². The third kappa shape index (κ3) is 4.57. The molecular weight excluding hydrogens is 341 g/mol. The van der Waals surface area contributed by atoms with Gasteiger partial charge in [-0.3, -0.25) is 4.79 Å². The lowest BCUT2D eigenvalue weighted by Crippen LogP contribution is -2.46. The van der Waals surface area contributed by atoms with E-state index in [4.69, 9.17) is 0 Å². The minimum absolute atomic E-state index is 0. The Labute approximate surface area is 148 Å². The Hall–Kier alpha value is -0.360. The van der Waals surface area contributed by atoms with Gasteiger partial charge in [-0.2, -0.15) is 0 Å². The predicted molar refractivity (Wildman–Crippen MR) is 95.5 cm³/mol. The number of thiazole rings is 1. The fraction of sp³-hybridized carbons (Fsp3) is 0.733. The maximum atomic E-state index is 12.6. The van der Waals surface area contributed by atoms with E-state index in [0.29, 0.717) is 11.8 Å². The van der Waals surface area contributed by atoms with Crippen LogP contribution in [0.1, 0.15) is 42.3 Å². The first-order chi connectivity index (χ1) is 9.74. The zero-order valence-electron chi connectivity index (χ0n) is 12.9. The lowest BCUT2D eigenvalue weighted by Gasteiger charge is -2.35. The minimum Gasteiger partial charge on any atom is -0.342 e. The quantitative estimate of drug-likeness (QED) is 0.875. The van der Waals surface area contributed by atoms with E-state index >= 15 is 0 Å². The summed E-state index contributed by atoms with van der Waals surface area (Å²) in [6.07, 6.45) is 4.44. The molecule has 7 heteroatoms. The number of aromatic nitrogens is 1. The SMILES string of the molecule is Cc1csc(C2CCCN(C(=O)C3CCCNC3)C2)n1.Cl.Cl. The molecule has 22 heavy (non-hydrogen) atoms. The number of piperidine rings is 2. The van der Waals surface area contributed by atoms with Crippen molar-refractivity contribution in [1.82, 2.24) is 15.2 Å². The van der Waals surface area contributed by atoms with Gasteiger partial charge in [-0.25, -0.2) is 4.98 Å². The third-order valence-corrected chi connectivity index (χ3v) is 5.49. The van der Waals surface area contributed by atoms with Gasteiger partial charge in [0.15, 0.2) is 0 Å². The molecule has 3 rings (SSSR count). The summed E-state index contributed by atoms with van der Waals surface area (Å²) in [5.41, 5.74) is 1.10. The molecular formula is C15H25Cl2N3OS. The van der Waals surface area contributed by atoms with Crippen molar-refractivity contribution in [2.75, 3.05) is 26.2 Å². The lowest BCUT2D eigenvalue weighted by atomic mass is 9.94. The molecule has 1 N–H and O–H groups in total. The average Bonchev–Trinajstić information content (AvgIpc) is 2.94. The van der Waals surface area contributed by atoms with Crippen molar-refractivity contribution in [3.05, 3.63) is 16.1 Å². The van der Waals surface area contributed by atoms with E-state index in [1.54, 1.807) is 11.3 Å². The summed E-state index contributed by atoms with van der Waals surface area (Å²) >= 11 is 1.74. The molecule has 2 unspecified atom stereocenters. The summed E-state index contributed by atoms with van der Waals surface area (Å²) in [7, 11) is 0. The van der Waals surface area contributed by atoms with Crippen molar-refractivity contribution >= 4 is 42.1 Å². The van der Waals surface area contributed by atoms with Gasteiger partial charge >= 0.3 is 0 Å². The second kappa shape index (κ2) is 9.06. The summed E-state index contributed by atoms with van der Waals surface area (Å²) in [4.78, 5) is 19.3. The Morgan fingerprint density at radius 2 is 2.18 bits per heavy atom. The first-order valence-corrected chi connectivity index (χ1v) is 8.53. The summed E-state index contributed by atoms with van der Waals surface area (Å²) < 4.78 is 0. The van der Waals surface area contributed by atoms with Crippen LogP contribution in [-0.2, 0) is 4.79 Å². The van der Waals surface area contributed by atoms with Crippen LogP contribution < -0.4 is 5.32 Å². The van der Waals surface area contributed by atoms with Crippen molar-refractivity contribution < 1.29 is 4.79 Å². The zero-order valence-corrected chi connectivity index (χ0v) is 15.4. The molecule has 2 aliphatic heterocycles. The van der Waals surface area contributed by atoms with Gasteiger partial charge in [-0.15, -0.1) is 36.2 Å². The van der Waals surface area contributed by atoms with Gasteiger partial charge in [0.25, 0.3) is 0 Å². The number of halogens is 2. The molecule has 126 valence electrons. The first kappa shape index (κ1) is 19.7. The fourth-order valence-corrected chi connectivity index (χ4v) is 4.18. The Bertz CT molecular complexity index is 477. The molecule has 2 aliphatic rings. The Morgan fingerprint density at radius 1 is 1.36 bits per heavy atom. The maximum Gasteiger partial charge on any atom is 0.226 e. The predicted octanol–water partition coefficient (Wildman–Crippen LogP) is 3.00. The van der Waals surface area contributed by atoms with E-state index in [1.165, 1.54) is 11.4 Å². The second-order valence-electron chi connectivity index (χ2n) is 5.99. The van der Waals surface area contributed by atoms with Crippen molar-refractivity contribution in [3.63, 3.8) is 0 Å². The first-order valence-electron chi connectivity index (χ1n) is 7.65. The van der Waals surface area contributed by atoms with Gasteiger partial charge < -0.3 is 10.2 Å². The fourth-order valence-electron chi connectivity index (χ4n) is 3.26. The second-order valence-corrected chi connectivity index (χ2v) is 6.88. The van der Waals surface area contributed by atoms with Crippen molar-refractivity contribution in [2.24, 2.45) is 5.92 Å². The van der Waals surface area contributed by atoms with Crippen LogP contribution in [0.3, 0.4) is 0 Å². The molecule has 0 bridgehead atoms. The van der Waals surface area contributed by atoms with Crippen LogP contribution in [0.2, 0.25) is 0 Å². The molecule has 1 amide bonds. The monoisotopic (exact) mass is 365 g/mol. The molecule has 3 heterocycles. The van der Waals surface area contributed by atoms with Crippen LogP contribution in [0.4, 0.5) is 0 Å². The normalized spacial score (nSPS) is 25.0. The van der Waals surface area contributed by atoms with E-state index in [0.717, 1.165) is 51.1 Å². The smallest absolute Gasteiger partial charge is 0.226 e. The van der Waals surface area contributed by atoms with Crippen LogP contribution in [0.15, 0.2) is 5.38 Å². The molecule has 0 aromatic carbocycles. The highest BCUT2D eigenvalue weighted by Gasteiger charge is 2.31. The average molecular weight is 366 g/mol. The third-order valence-electron chi connectivity index (χ3n) is 4.37. The summed E-state index contributed by atoms with van der Waals surface area (Å²) in [5.74, 6) is 0.999. The summed E-state index contributed by atoms with van der Waals surface area (Å²) in [6, 6.07) is 0. The zero-order chi connectivity index (χ0) is 13.9. The van der Waals surface area contributed by atoms with Crippen LogP contribution in [0, 0.1) is 12.8 Å².